The van der Waals surface area contributed by atoms with Gasteiger partial charge < -0.3 is 8.92 Å². The molecule has 10 nitrogen and oxygen atoms in total. The number of imide groups is 1. The Morgan fingerprint density at radius 2 is 1.73 bits per heavy atom. The summed E-state index contributed by atoms with van der Waals surface area (Å²) in [5.41, 5.74) is 1.02. The van der Waals surface area contributed by atoms with Crippen LogP contribution in [-0.2, 0) is 21.5 Å². The van der Waals surface area contributed by atoms with Crippen molar-refractivity contribution >= 4 is 71.5 Å². The zero-order valence-electron chi connectivity index (χ0n) is 21.1. The van der Waals surface area contributed by atoms with Crippen molar-refractivity contribution in [2.24, 2.45) is 0 Å². The van der Waals surface area contributed by atoms with E-state index in [9.17, 15) is 28.1 Å². The number of methoxy groups -OCH3 is 1. The Hall–Kier alpha value is -4.20. The molecule has 0 bridgehead atoms. The Kier molecular flexibility index (Phi) is 7.84. The summed E-state index contributed by atoms with van der Waals surface area (Å²) in [7, 11) is -3.06. The predicted molar refractivity (Wildman–Crippen MR) is 157 cm³/mol. The van der Waals surface area contributed by atoms with Gasteiger partial charge in [-0.15, -0.1) is 0 Å². The van der Waals surface area contributed by atoms with Gasteiger partial charge in [-0.25, -0.2) is 0 Å². The summed E-state index contributed by atoms with van der Waals surface area (Å²) < 4.78 is 36.5. The maximum absolute atomic E-state index is 13.2. The molecule has 5 rings (SSSR count). The van der Waals surface area contributed by atoms with E-state index in [-0.39, 0.29) is 38.0 Å². The van der Waals surface area contributed by atoms with E-state index in [4.69, 9.17) is 8.92 Å². The van der Waals surface area contributed by atoms with Crippen molar-refractivity contribution in [1.82, 2.24) is 4.90 Å². The minimum atomic E-state index is -4.37. The van der Waals surface area contributed by atoms with Gasteiger partial charge in [0.15, 0.2) is 11.5 Å². The van der Waals surface area contributed by atoms with E-state index in [2.05, 4.69) is 15.9 Å². The number of nitro benzene ring substituents is 1. The number of carbonyl (C=O) groups is 2. The van der Waals surface area contributed by atoms with Gasteiger partial charge in [0.25, 0.3) is 16.8 Å². The Balaban J connectivity index is 1.40. The molecule has 0 unspecified atom stereocenters. The third-order valence-corrected chi connectivity index (χ3v) is 8.89. The van der Waals surface area contributed by atoms with Gasteiger partial charge in [0, 0.05) is 12.1 Å². The number of ether oxygens (including phenoxy) is 1. The molecule has 0 N–H and O–H groups in total. The third-order valence-electron chi connectivity index (χ3n) is 6.16. The van der Waals surface area contributed by atoms with Crippen molar-refractivity contribution < 1.29 is 31.9 Å². The highest BCUT2D eigenvalue weighted by atomic mass is 79.9. The largest absolute Gasteiger partial charge is 0.493 e. The predicted octanol–water partition coefficient (Wildman–Crippen LogP) is 6.52. The quantitative estimate of drug-likeness (QED) is 0.0900. The number of rotatable bonds is 8. The van der Waals surface area contributed by atoms with Crippen LogP contribution in [-0.4, -0.2) is 36.5 Å². The first kappa shape index (κ1) is 28.3. The smallest absolute Gasteiger partial charge is 0.339 e. The van der Waals surface area contributed by atoms with E-state index in [1.807, 2.05) is 42.5 Å². The van der Waals surface area contributed by atoms with E-state index >= 15 is 0 Å². The molecule has 1 aliphatic rings. The van der Waals surface area contributed by atoms with Gasteiger partial charge in [-0.05, 0) is 79.9 Å². The second kappa shape index (κ2) is 11.4. The first-order valence-corrected chi connectivity index (χ1v) is 14.9. The van der Waals surface area contributed by atoms with Crippen LogP contribution in [0.5, 0.6) is 11.5 Å². The topological polar surface area (TPSA) is 133 Å². The highest BCUT2D eigenvalue weighted by Crippen LogP contribution is 2.41. The van der Waals surface area contributed by atoms with E-state index in [0.29, 0.717) is 5.56 Å². The van der Waals surface area contributed by atoms with Crippen LogP contribution >= 0.6 is 27.7 Å². The number of carbonyl (C=O) groups excluding carboxylic acids is 2. The van der Waals surface area contributed by atoms with Crippen LogP contribution in [0.1, 0.15) is 11.1 Å². The maximum atomic E-state index is 13.2. The molecule has 1 fully saturated rings. The zero-order chi connectivity index (χ0) is 29.3. The van der Waals surface area contributed by atoms with Gasteiger partial charge in [0.2, 0.25) is 0 Å². The number of halogens is 1. The number of non-ortho nitro benzene ring substituents is 1. The highest BCUT2D eigenvalue weighted by molar-refractivity contribution is 9.10. The molecule has 0 aromatic heterocycles. The Labute approximate surface area is 247 Å². The summed E-state index contributed by atoms with van der Waals surface area (Å²) in [5.74, 6) is -0.581. The molecule has 1 aliphatic heterocycles. The van der Waals surface area contributed by atoms with Crippen LogP contribution in [0.2, 0.25) is 0 Å². The molecular formula is C28H19BrN2O8S2. The normalized spacial score (nSPS) is 14.6. The molecule has 0 saturated carbocycles. The minimum absolute atomic E-state index is 0.0334. The molecule has 1 saturated heterocycles. The molecule has 4 aromatic carbocycles. The average Bonchev–Trinajstić information content (AvgIpc) is 3.21. The number of hydrogen-bond acceptors (Lipinski definition) is 9. The van der Waals surface area contributed by atoms with Crippen molar-refractivity contribution in [3.8, 4) is 11.5 Å². The highest BCUT2D eigenvalue weighted by Gasteiger charge is 2.35. The lowest BCUT2D eigenvalue weighted by Gasteiger charge is -2.14. The van der Waals surface area contributed by atoms with Crippen molar-refractivity contribution in [1.29, 1.82) is 0 Å². The molecule has 1 heterocycles. The average molecular weight is 656 g/mol. The maximum Gasteiger partial charge on any atom is 0.339 e. The number of amides is 2. The lowest BCUT2D eigenvalue weighted by molar-refractivity contribution is -0.384. The van der Waals surface area contributed by atoms with Gasteiger partial charge >= 0.3 is 10.1 Å². The van der Waals surface area contributed by atoms with Crippen LogP contribution in [0.25, 0.3) is 16.8 Å². The van der Waals surface area contributed by atoms with E-state index in [1.165, 1.54) is 30.2 Å². The van der Waals surface area contributed by atoms with E-state index in [0.717, 1.165) is 52.4 Å². The number of benzene rings is 4. The van der Waals surface area contributed by atoms with Crippen molar-refractivity contribution in [2.45, 2.75) is 11.4 Å². The van der Waals surface area contributed by atoms with Gasteiger partial charge in [-0.1, -0.05) is 42.5 Å². The van der Waals surface area contributed by atoms with Crippen LogP contribution in [0.15, 0.2) is 93.1 Å². The standard InChI is InChI=1S/C28H19BrN2O8S2/c1-38-24-14-17(13-23(29)26(24)39-41(36,37)21-11-9-20(10-12-21)31(34)35)15-25-27(32)30(28(33)40-25)16-19-7-4-6-18-5-2-3-8-22(18)19/h2-15H,16H2,1H3/b25-15-. The van der Waals surface area contributed by atoms with Crippen LogP contribution in [0, 0.1) is 10.1 Å². The molecule has 0 aliphatic carbocycles. The zero-order valence-corrected chi connectivity index (χ0v) is 24.4. The summed E-state index contributed by atoms with van der Waals surface area (Å²) in [6, 6.07) is 20.6. The first-order valence-electron chi connectivity index (χ1n) is 11.9. The second-order valence-electron chi connectivity index (χ2n) is 8.73. The Bertz CT molecular complexity index is 1850. The summed E-state index contributed by atoms with van der Waals surface area (Å²) in [5, 5.41) is 12.4. The van der Waals surface area contributed by atoms with E-state index in [1.54, 1.807) is 0 Å². The Morgan fingerprint density at radius 1 is 1.02 bits per heavy atom. The number of fused-ring (bicyclic) bond motifs is 1. The molecule has 41 heavy (non-hydrogen) atoms. The summed E-state index contributed by atoms with van der Waals surface area (Å²) >= 11 is 4.10. The van der Waals surface area contributed by atoms with Crippen molar-refractivity contribution in [3.05, 3.63) is 109 Å². The molecule has 4 aromatic rings. The molecule has 2 amide bonds. The SMILES string of the molecule is COc1cc(/C=C2\SC(=O)N(Cc3cccc4ccccc34)C2=O)cc(Br)c1OS(=O)(=O)c1ccc([N+](=O)[O-])cc1. The molecular weight excluding hydrogens is 636 g/mol. The fraction of sp³-hybridized carbons (Fsp3) is 0.0714. The van der Waals surface area contributed by atoms with Gasteiger partial charge in [0.1, 0.15) is 4.90 Å². The monoisotopic (exact) mass is 654 g/mol. The summed E-state index contributed by atoms with van der Waals surface area (Å²) in [6.45, 7) is 0.115. The van der Waals surface area contributed by atoms with Crippen LogP contribution in [0.4, 0.5) is 10.5 Å². The Morgan fingerprint density at radius 3 is 2.44 bits per heavy atom. The molecule has 0 atom stereocenters. The van der Waals surface area contributed by atoms with Gasteiger partial charge in [-0.3, -0.25) is 24.6 Å². The fourth-order valence-corrected chi connectivity index (χ4v) is 6.63. The van der Waals surface area contributed by atoms with Crippen molar-refractivity contribution in [3.63, 3.8) is 0 Å². The number of thioether (sulfide) groups is 1. The fourth-order valence-electron chi connectivity index (χ4n) is 4.18. The minimum Gasteiger partial charge on any atom is -0.493 e. The number of nitrogens with zero attached hydrogens (tertiary/aromatic N) is 2. The second-order valence-corrected chi connectivity index (χ2v) is 12.1. The van der Waals surface area contributed by atoms with Crippen LogP contribution in [0.3, 0.4) is 0 Å². The lowest BCUT2D eigenvalue weighted by Crippen LogP contribution is -2.27. The van der Waals surface area contributed by atoms with Gasteiger partial charge in [-0.2, -0.15) is 8.42 Å². The molecule has 208 valence electrons. The number of nitro groups is 1. The van der Waals surface area contributed by atoms with Crippen molar-refractivity contribution in [2.75, 3.05) is 7.11 Å². The first-order chi connectivity index (χ1) is 19.6. The third kappa shape index (κ3) is 5.82. The summed E-state index contributed by atoms with van der Waals surface area (Å²) in [6.07, 6.45) is 1.51. The van der Waals surface area contributed by atoms with Gasteiger partial charge in [0.05, 0.1) is 28.0 Å². The lowest BCUT2D eigenvalue weighted by atomic mass is 10.0. The molecule has 13 heteroatoms. The van der Waals surface area contributed by atoms with Crippen LogP contribution < -0.4 is 8.92 Å². The number of hydrogen-bond donors (Lipinski definition) is 0. The molecule has 0 spiro atoms. The van der Waals surface area contributed by atoms with E-state index < -0.39 is 26.2 Å². The summed E-state index contributed by atoms with van der Waals surface area (Å²) in [4.78, 5) is 37.3. The molecule has 0 radical (unpaired) electrons.